The SMILES string of the molecule is Cc1ccc(C(=O)/C(=C(\C(Cl)=C\N(C)C)N(C)C)c2ccc(S(C)(=O)=O)cc2)cn1. The van der Waals surface area contributed by atoms with Crippen LogP contribution in [-0.2, 0) is 9.84 Å². The molecule has 2 rings (SSSR count). The number of ketones is 1. The van der Waals surface area contributed by atoms with Crippen molar-refractivity contribution in [2.45, 2.75) is 11.8 Å². The fourth-order valence-corrected chi connectivity index (χ4v) is 3.92. The lowest BCUT2D eigenvalue weighted by molar-refractivity contribution is 0.105. The van der Waals surface area contributed by atoms with E-state index in [0.29, 0.717) is 27.4 Å². The fourth-order valence-electron chi connectivity index (χ4n) is 2.84. The number of halogens is 1. The van der Waals surface area contributed by atoms with Gasteiger partial charge >= 0.3 is 0 Å². The molecule has 0 aliphatic carbocycles. The summed E-state index contributed by atoms with van der Waals surface area (Å²) in [5.74, 6) is -0.261. The number of sulfone groups is 1. The molecule has 0 atom stereocenters. The van der Waals surface area contributed by atoms with Crippen molar-refractivity contribution in [1.29, 1.82) is 0 Å². The van der Waals surface area contributed by atoms with Gasteiger partial charge in [0.15, 0.2) is 15.6 Å². The van der Waals surface area contributed by atoms with E-state index in [1.54, 1.807) is 54.4 Å². The summed E-state index contributed by atoms with van der Waals surface area (Å²) in [6.07, 6.45) is 4.38. The molecule has 1 aromatic carbocycles. The van der Waals surface area contributed by atoms with Gasteiger partial charge in [-0.05, 0) is 36.8 Å². The van der Waals surface area contributed by atoms with Gasteiger partial charge in [-0.25, -0.2) is 8.42 Å². The molecule has 0 unspecified atom stereocenters. The van der Waals surface area contributed by atoms with Gasteiger partial charge in [0.25, 0.3) is 0 Å². The average Bonchev–Trinajstić information content (AvgIpc) is 2.64. The Kier molecular flexibility index (Phi) is 7.44. The van der Waals surface area contributed by atoms with Crippen LogP contribution in [0, 0.1) is 6.92 Å². The molecule has 0 N–H and O–H groups in total. The number of hydrogen-bond donors (Lipinski definition) is 0. The molecule has 2 aromatic rings. The molecule has 0 bridgehead atoms. The molecule has 0 aliphatic rings. The number of benzene rings is 1. The average molecular weight is 448 g/mol. The summed E-state index contributed by atoms with van der Waals surface area (Å²) >= 11 is 6.60. The third kappa shape index (κ3) is 5.70. The minimum absolute atomic E-state index is 0.177. The number of Topliss-reactive ketones (excluding diaryl/α,β-unsaturated/α-hetero) is 1. The van der Waals surface area contributed by atoms with Gasteiger partial charge in [-0.3, -0.25) is 9.78 Å². The minimum Gasteiger partial charge on any atom is -0.382 e. The molecule has 0 saturated heterocycles. The Labute approximate surface area is 183 Å². The second kappa shape index (κ2) is 9.45. The van der Waals surface area contributed by atoms with Crippen LogP contribution in [0.25, 0.3) is 5.57 Å². The van der Waals surface area contributed by atoms with Crippen molar-refractivity contribution in [3.63, 3.8) is 0 Å². The van der Waals surface area contributed by atoms with Crippen LogP contribution in [0.1, 0.15) is 21.6 Å². The molecule has 1 aromatic heterocycles. The Morgan fingerprint density at radius 2 is 1.57 bits per heavy atom. The van der Waals surface area contributed by atoms with Crippen LogP contribution in [0.3, 0.4) is 0 Å². The first-order valence-electron chi connectivity index (χ1n) is 9.15. The molecule has 0 fully saturated rings. The Morgan fingerprint density at radius 1 is 1.00 bits per heavy atom. The molecule has 0 spiro atoms. The van der Waals surface area contributed by atoms with E-state index in [4.69, 9.17) is 11.6 Å². The Bertz CT molecular complexity index is 1090. The number of pyridine rings is 1. The lowest BCUT2D eigenvalue weighted by Gasteiger charge is -2.23. The minimum atomic E-state index is -3.36. The van der Waals surface area contributed by atoms with E-state index in [1.807, 2.05) is 21.0 Å². The zero-order valence-electron chi connectivity index (χ0n) is 18.0. The quantitative estimate of drug-likeness (QED) is 0.367. The monoisotopic (exact) mass is 447 g/mol. The van der Waals surface area contributed by atoms with Crippen molar-refractivity contribution in [3.8, 4) is 0 Å². The molecule has 0 radical (unpaired) electrons. The summed E-state index contributed by atoms with van der Waals surface area (Å²) in [5, 5.41) is 0.376. The zero-order chi connectivity index (χ0) is 22.6. The van der Waals surface area contributed by atoms with Gasteiger partial charge in [0.1, 0.15) is 0 Å². The summed E-state index contributed by atoms with van der Waals surface area (Å²) in [6, 6.07) is 9.70. The number of aryl methyl sites for hydroxylation is 1. The predicted octanol–water partition coefficient (Wildman–Crippen LogP) is 3.59. The van der Waals surface area contributed by atoms with Gasteiger partial charge in [0, 0.05) is 58.1 Å². The van der Waals surface area contributed by atoms with Crippen LogP contribution in [0.15, 0.2) is 64.4 Å². The molecule has 1 heterocycles. The molecule has 0 saturated carbocycles. The van der Waals surface area contributed by atoms with E-state index in [0.717, 1.165) is 11.9 Å². The molecule has 0 amide bonds. The van der Waals surface area contributed by atoms with Crippen LogP contribution in [0.2, 0.25) is 0 Å². The number of aromatic nitrogens is 1. The normalized spacial score (nSPS) is 13.0. The molecule has 30 heavy (non-hydrogen) atoms. The van der Waals surface area contributed by atoms with Crippen LogP contribution in [0.4, 0.5) is 0 Å². The molecular formula is C22H26ClN3O3S. The summed E-state index contributed by atoms with van der Waals surface area (Å²) in [6.45, 7) is 1.84. The lowest BCUT2D eigenvalue weighted by atomic mass is 9.94. The van der Waals surface area contributed by atoms with Gasteiger partial charge in [-0.1, -0.05) is 23.7 Å². The highest BCUT2D eigenvalue weighted by molar-refractivity contribution is 7.90. The number of carbonyl (C=O) groups is 1. The molecular weight excluding hydrogens is 422 g/mol. The lowest BCUT2D eigenvalue weighted by Crippen LogP contribution is -2.19. The number of carbonyl (C=O) groups excluding carboxylic acids is 1. The van der Waals surface area contributed by atoms with Crippen LogP contribution >= 0.6 is 11.6 Å². The van der Waals surface area contributed by atoms with Crippen molar-refractivity contribution in [1.82, 2.24) is 14.8 Å². The van der Waals surface area contributed by atoms with Crippen molar-refractivity contribution in [3.05, 3.63) is 76.3 Å². The van der Waals surface area contributed by atoms with Gasteiger partial charge < -0.3 is 9.80 Å². The predicted molar refractivity (Wildman–Crippen MR) is 121 cm³/mol. The number of likely N-dealkylation sites (N-methyl/N-ethyl adjacent to an activating group) is 1. The van der Waals surface area contributed by atoms with Gasteiger partial charge in [0.2, 0.25) is 0 Å². The third-order valence-electron chi connectivity index (χ3n) is 4.25. The largest absolute Gasteiger partial charge is 0.382 e. The number of nitrogens with zero attached hydrogens (tertiary/aromatic N) is 3. The van der Waals surface area contributed by atoms with Crippen LogP contribution < -0.4 is 0 Å². The highest BCUT2D eigenvalue weighted by Crippen LogP contribution is 2.31. The number of rotatable bonds is 7. The first-order chi connectivity index (χ1) is 13.9. The Balaban J connectivity index is 2.79. The standard InChI is InChI=1S/C22H26ClN3O3S/c1-15-7-8-17(13-24-15)22(27)20(21(26(4)5)19(23)14-25(2)3)16-9-11-18(12-10-16)30(6,28)29/h7-14H,1-6H3/b19-14-,21-20+. The highest BCUT2D eigenvalue weighted by atomic mass is 35.5. The number of allylic oxidation sites excluding steroid dienone is 2. The van der Waals surface area contributed by atoms with Crippen molar-refractivity contribution in [2.75, 3.05) is 34.4 Å². The van der Waals surface area contributed by atoms with Gasteiger partial charge in [-0.15, -0.1) is 0 Å². The smallest absolute Gasteiger partial charge is 0.197 e. The fraction of sp³-hybridized carbons (Fsp3) is 0.273. The Hall–Kier alpha value is -2.64. The maximum absolute atomic E-state index is 13.5. The van der Waals surface area contributed by atoms with Crippen molar-refractivity contribution >= 4 is 32.8 Å². The molecule has 0 aliphatic heterocycles. The van der Waals surface area contributed by atoms with Crippen LogP contribution in [0.5, 0.6) is 0 Å². The maximum Gasteiger partial charge on any atom is 0.197 e. The van der Waals surface area contributed by atoms with E-state index in [2.05, 4.69) is 4.98 Å². The molecule has 160 valence electrons. The van der Waals surface area contributed by atoms with Crippen molar-refractivity contribution < 1.29 is 13.2 Å². The van der Waals surface area contributed by atoms with Gasteiger partial charge in [0.05, 0.1) is 21.2 Å². The van der Waals surface area contributed by atoms with E-state index in [1.165, 1.54) is 18.3 Å². The van der Waals surface area contributed by atoms with Crippen LogP contribution in [-0.4, -0.2) is 63.4 Å². The summed E-state index contributed by atoms with van der Waals surface area (Å²) in [5.41, 5.74) is 2.64. The van der Waals surface area contributed by atoms with E-state index >= 15 is 0 Å². The van der Waals surface area contributed by atoms with Gasteiger partial charge in [-0.2, -0.15) is 0 Å². The first kappa shape index (κ1) is 23.6. The second-order valence-electron chi connectivity index (χ2n) is 7.37. The molecule has 8 heteroatoms. The maximum atomic E-state index is 13.5. The first-order valence-corrected chi connectivity index (χ1v) is 11.4. The summed E-state index contributed by atoms with van der Waals surface area (Å²) in [4.78, 5) is 21.5. The van der Waals surface area contributed by atoms with Crippen molar-refractivity contribution in [2.24, 2.45) is 0 Å². The molecule has 6 nitrogen and oxygen atoms in total. The number of hydrogen-bond acceptors (Lipinski definition) is 6. The van der Waals surface area contributed by atoms with E-state index < -0.39 is 9.84 Å². The Morgan fingerprint density at radius 3 is 2.00 bits per heavy atom. The summed E-state index contributed by atoms with van der Waals surface area (Å²) in [7, 11) is 3.91. The van der Waals surface area contributed by atoms with E-state index in [9.17, 15) is 13.2 Å². The second-order valence-corrected chi connectivity index (χ2v) is 9.80. The zero-order valence-corrected chi connectivity index (χ0v) is 19.5. The highest BCUT2D eigenvalue weighted by Gasteiger charge is 2.23. The summed E-state index contributed by atoms with van der Waals surface area (Å²) < 4.78 is 23.7. The topological polar surface area (TPSA) is 70.6 Å². The third-order valence-corrected chi connectivity index (χ3v) is 5.66. The van der Waals surface area contributed by atoms with E-state index in [-0.39, 0.29) is 10.7 Å².